The zero-order chi connectivity index (χ0) is 6.69. The molecule has 0 aliphatic rings. The minimum Gasteiger partial charge on any atom is -0.198 e. The molecule has 0 N–H and O–H groups in total. The van der Waals surface area contributed by atoms with E-state index >= 15 is 0 Å². The standard InChI is InChI=1S/C8H9S.3Fe/c1-7-5-3-4-6-8(7)9-2;;;/h3-6H,1H2,2H3;;;/q-1;;;. The molecule has 0 bridgehead atoms. The molecule has 1 rings (SSSR count). The fraction of sp³-hybridized carbons (Fsp3) is 0.125. The molecule has 1 aromatic rings. The van der Waals surface area contributed by atoms with Crippen LogP contribution in [-0.2, 0) is 51.2 Å². The Labute approximate surface area is 110 Å². The molecule has 0 atom stereocenters. The Morgan fingerprint density at radius 3 is 1.92 bits per heavy atom. The molecule has 0 heterocycles. The number of benzene rings is 1. The van der Waals surface area contributed by atoms with Crippen molar-refractivity contribution in [1.29, 1.82) is 0 Å². The Bertz CT molecular complexity index is 203. The number of rotatable bonds is 1. The summed E-state index contributed by atoms with van der Waals surface area (Å²) in [5.74, 6) is 0. The SMILES string of the molecule is [CH2-]c1ccccc1SC.[Fe].[Fe].[Fe]. The van der Waals surface area contributed by atoms with E-state index in [1.165, 1.54) is 4.90 Å². The van der Waals surface area contributed by atoms with Gasteiger partial charge in [-0.2, -0.15) is 30.3 Å². The first-order chi connectivity index (χ1) is 4.34. The van der Waals surface area contributed by atoms with E-state index in [1.54, 1.807) is 11.8 Å². The van der Waals surface area contributed by atoms with Crippen LogP contribution in [0.4, 0.5) is 0 Å². The van der Waals surface area contributed by atoms with E-state index in [0.29, 0.717) is 0 Å². The Morgan fingerprint density at radius 2 is 1.58 bits per heavy atom. The van der Waals surface area contributed by atoms with Gasteiger partial charge in [0.15, 0.2) is 0 Å². The molecule has 0 saturated heterocycles. The predicted molar refractivity (Wildman–Crippen MR) is 42.7 cm³/mol. The maximum atomic E-state index is 3.87. The van der Waals surface area contributed by atoms with Crippen molar-refractivity contribution >= 4 is 11.8 Å². The molecular weight excluding hydrogens is 296 g/mol. The van der Waals surface area contributed by atoms with E-state index in [1.807, 2.05) is 18.2 Å². The summed E-state index contributed by atoms with van der Waals surface area (Å²) in [7, 11) is 0. The smallest absolute Gasteiger partial charge is 0 e. The average Bonchev–Trinajstić information content (AvgIpc) is 1.89. The van der Waals surface area contributed by atoms with E-state index in [-0.39, 0.29) is 51.2 Å². The molecule has 12 heavy (non-hydrogen) atoms. The normalized spacial score (nSPS) is 7.08. The summed E-state index contributed by atoms with van der Waals surface area (Å²) >= 11 is 1.73. The quantitative estimate of drug-likeness (QED) is 0.436. The summed E-state index contributed by atoms with van der Waals surface area (Å²) in [6.45, 7) is 3.87. The van der Waals surface area contributed by atoms with Crippen molar-refractivity contribution in [2.24, 2.45) is 0 Å². The van der Waals surface area contributed by atoms with Gasteiger partial charge in [-0.3, -0.25) is 0 Å². The van der Waals surface area contributed by atoms with Gasteiger partial charge in [0.25, 0.3) is 0 Å². The van der Waals surface area contributed by atoms with E-state index in [4.69, 9.17) is 0 Å². The number of hydrogen-bond acceptors (Lipinski definition) is 1. The van der Waals surface area contributed by atoms with Crippen LogP contribution in [0.5, 0.6) is 0 Å². The monoisotopic (exact) mass is 305 g/mol. The fourth-order valence-electron chi connectivity index (χ4n) is 0.703. The third-order valence-corrected chi connectivity index (χ3v) is 2.03. The third-order valence-electron chi connectivity index (χ3n) is 1.19. The number of thioether (sulfide) groups is 1. The molecule has 0 aliphatic heterocycles. The van der Waals surface area contributed by atoms with Gasteiger partial charge in [0.2, 0.25) is 0 Å². The summed E-state index contributed by atoms with van der Waals surface area (Å²) in [6, 6.07) is 8.13. The van der Waals surface area contributed by atoms with Crippen molar-refractivity contribution in [3.8, 4) is 0 Å². The summed E-state index contributed by atoms with van der Waals surface area (Å²) < 4.78 is 0. The molecule has 1 aromatic carbocycles. The van der Waals surface area contributed by atoms with Gasteiger partial charge in [0.1, 0.15) is 0 Å². The van der Waals surface area contributed by atoms with Crippen LogP contribution in [-0.4, -0.2) is 6.26 Å². The molecule has 0 radical (unpaired) electrons. The first kappa shape index (κ1) is 18.7. The molecule has 0 aliphatic carbocycles. The van der Waals surface area contributed by atoms with Gasteiger partial charge in [-0.1, -0.05) is 11.0 Å². The molecule has 72 valence electrons. The minimum atomic E-state index is 0. The Morgan fingerprint density at radius 1 is 1.08 bits per heavy atom. The molecule has 0 aromatic heterocycles. The Balaban J connectivity index is -0.000000270. The topological polar surface area (TPSA) is 0 Å². The second kappa shape index (κ2) is 10.1. The van der Waals surface area contributed by atoms with Crippen molar-refractivity contribution in [2.45, 2.75) is 4.90 Å². The van der Waals surface area contributed by atoms with Crippen molar-refractivity contribution in [2.75, 3.05) is 6.26 Å². The summed E-state index contributed by atoms with van der Waals surface area (Å²) in [5, 5.41) is 0. The van der Waals surface area contributed by atoms with Crippen molar-refractivity contribution in [3.05, 3.63) is 36.8 Å². The maximum Gasteiger partial charge on any atom is 0 e. The van der Waals surface area contributed by atoms with Crippen molar-refractivity contribution in [3.63, 3.8) is 0 Å². The predicted octanol–water partition coefficient (Wildman–Crippen LogP) is 2.58. The van der Waals surface area contributed by atoms with Gasteiger partial charge in [0.05, 0.1) is 0 Å². The van der Waals surface area contributed by atoms with Crippen LogP contribution in [0.25, 0.3) is 0 Å². The van der Waals surface area contributed by atoms with Gasteiger partial charge in [-0.05, 0) is 6.26 Å². The van der Waals surface area contributed by atoms with Crippen LogP contribution in [0.3, 0.4) is 0 Å². The van der Waals surface area contributed by atoms with E-state index in [0.717, 1.165) is 5.56 Å². The average molecular weight is 305 g/mol. The zero-order valence-corrected chi connectivity index (χ0v) is 10.6. The van der Waals surface area contributed by atoms with Gasteiger partial charge in [0, 0.05) is 51.2 Å². The molecule has 4 heteroatoms. The Kier molecular flexibility index (Phi) is 15.7. The van der Waals surface area contributed by atoms with Crippen molar-refractivity contribution < 1.29 is 51.2 Å². The van der Waals surface area contributed by atoms with E-state index in [9.17, 15) is 0 Å². The molecular formula is C8H9Fe3S-. The van der Waals surface area contributed by atoms with Crippen molar-refractivity contribution in [1.82, 2.24) is 0 Å². The van der Waals surface area contributed by atoms with Crippen LogP contribution >= 0.6 is 11.8 Å². The van der Waals surface area contributed by atoms with Gasteiger partial charge < -0.3 is 0 Å². The summed E-state index contributed by atoms with van der Waals surface area (Å²) in [5.41, 5.74) is 1.12. The van der Waals surface area contributed by atoms with Crippen LogP contribution in [0.2, 0.25) is 0 Å². The largest absolute Gasteiger partial charge is 0.198 e. The molecule has 0 saturated carbocycles. The molecule has 0 spiro atoms. The van der Waals surface area contributed by atoms with Gasteiger partial charge in [-0.15, -0.1) is 12.1 Å². The van der Waals surface area contributed by atoms with Crippen LogP contribution < -0.4 is 0 Å². The van der Waals surface area contributed by atoms with Crippen LogP contribution in [0, 0.1) is 6.92 Å². The molecule has 0 fully saturated rings. The molecule has 0 amide bonds. The third kappa shape index (κ3) is 5.61. The number of hydrogen-bond donors (Lipinski definition) is 0. The second-order valence-corrected chi connectivity index (χ2v) is 2.66. The van der Waals surface area contributed by atoms with Crippen LogP contribution in [0.15, 0.2) is 29.2 Å². The Hall–Kier alpha value is 0.998. The maximum absolute atomic E-state index is 3.87. The zero-order valence-electron chi connectivity index (χ0n) is 6.49. The molecule has 0 nitrogen and oxygen atoms in total. The first-order valence-electron chi connectivity index (χ1n) is 2.79. The summed E-state index contributed by atoms with van der Waals surface area (Å²) in [4.78, 5) is 1.26. The second-order valence-electron chi connectivity index (χ2n) is 1.81. The fourth-order valence-corrected chi connectivity index (χ4v) is 1.25. The van der Waals surface area contributed by atoms with E-state index < -0.39 is 0 Å². The van der Waals surface area contributed by atoms with Gasteiger partial charge >= 0.3 is 0 Å². The first-order valence-corrected chi connectivity index (χ1v) is 4.02. The minimum absolute atomic E-state index is 0. The van der Waals surface area contributed by atoms with E-state index in [2.05, 4.69) is 19.2 Å². The van der Waals surface area contributed by atoms with Gasteiger partial charge in [-0.25, -0.2) is 0 Å². The van der Waals surface area contributed by atoms with Crippen LogP contribution in [0.1, 0.15) is 5.56 Å². The summed E-state index contributed by atoms with van der Waals surface area (Å²) in [6.07, 6.45) is 2.06. The molecule has 0 unspecified atom stereocenters.